The number of amides is 1. The largest absolute Gasteiger partial charge is 1.00 e. The van der Waals surface area contributed by atoms with E-state index in [4.69, 9.17) is 0 Å². The van der Waals surface area contributed by atoms with Gasteiger partial charge in [-0.1, -0.05) is 133 Å². The van der Waals surface area contributed by atoms with E-state index in [0.29, 0.717) is 5.56 Å². The average Bonchev–Trinajstić information content (AvgIpc) is 3.61. The van der Waals surface area contributed by atoms with Gasteiger partial charge in [0.2, 0.25) is 0 Å². The molecule has 56 heavy (non-hydrogen) atoms. The fourth-order valence-corrected chi connectivity index (χ4v) is 9.38. The van der Waals surface area contributed by atoms with Gasteiger partial charge in [0.05, 0.1) is 19.9 Å². The zero-order valence-electron chi connectivity index (χ0n) is 30.0. The Labute approximate surface area is 342 Å². The van der Waals surface area contributed by atoms with Crippen molar-refractivity contribution in [3.63, 3.8) is 0 Å². The third-order valence-corrected chi connectivity index (χ3v) is 12.7. The van der Waals surface area contributed by atoms with E-state index >= 15 is 0 Å². The summed E-state index contributed by atoms with van der Waals surface area (Å²) >= 11 is 0. The summed E-state index contributed by atoms with van der Waals surface area (Å²) in [5.74, 6) is -1.37. The normalized spacial score (nSPS) is 12.0. The molecule has 0 aliphatic heterocycles. The number of hydrogen-bond donors (Lipinski definition) is 1. The molecule has 0 radical (unpaired) electrons. The number of hydrogen-bond acceptors (Lipinski definition) is 4. The van der Waals surface area contributed by atoms with E-state index in [1.807, 2.05) is 78.9 Å². The molecule has 6 aromatic carbocycles. The molecule has 7 aromatic rings. The van der Waals surface area contributed by atoms with E-state index in [-0.39, 0.29) is 41.9 Å². The zero-order valence-corrected chi connectivity index (χ0v) is 34.0. The number of H-pyrrole nitrogens is 1. The fourth-order valence-electron chi connectivity index (χ4n) is 6.34. The topological polar surface area (TPSA) is 84.3 Å². The number of alkyl halides is 3. The summed E-state index contributed by atoms with van der Waals surface area (Å²) in [5, 5.41) is 5.09. The summed E-state index contributed by atoms with van der Waals surface area (Å²) in [5.41, 5.74) is -2.60. The van der Waals surface area contributed by atoms with Gasteiger partial charge in [0.1, 0.15) is 15.9 Å². The Hall–Kier alpha value is -4.80. The summed E-state index contributed by atoms with van der Waals surface area (Å²) < 4.78 is 65.5. The van der Waals surface area contributed by atoms with Crippen LogP contribution in [0.3, 0.4) is 0 Å². The van der Waals surface area contributed by atoms with Gasteiger partial charge in [-0.25, -0.2) is 8.42 Å². The number of sulfonamides is 1. The van der Waals surface area contributed by atoms with Crippen molar-refractivity contribution in [2.24, 2.45) is 0 Å². The number of nitrogens with zero attached hydrogens (tertiary/aromatic N) is 2. The minimum atomic E-state index is -6.00. The van der Waals surface area contributed by atoms with E-state index < -0.39 is 35.4 Å². The molecule has 0 saturated carbocycles. The van der Waals surface area contributed by atoms with Crippen LogP contribution in [0.25, 0.3) is 15.6 Å². The third-order valence-electron chi connectivity index (χ3n) is 8.96. The number of fused-ring (bicyclic) bond motifs is 1. The van der Waals surface area contributed by atoms with Crippen molar-refractivity contribution in [3.05, 3.63) is 204 Å². The van der Waals surface area contributed by atoms with Gasteiger partial charge in [0, 0.05) is 30.2 Å². The molecule has 0 fully saturated rings. The van der Waals surface area contributed by atoms with Crippen LogP contribution in [-0.4, -0.2) is 35.8 Å². The van der Waals surface area contributed by atoms with Crippen molar-refractivity contribution in [1.29, 1.82) is 0 Å². The molecular formula is C44H39AuF3N3O3PS+. The van der Waals surface area contributed by atoms with Crippen LogP contribution in [0.4, 0.5) is 13.2 Å². The molecule has 0 aliphatic carbocycles. The van der Waals surface area contributed by atoms with Crippen molar-refractivity contribution in [2.45, 2.75) is 31.1 Å². The van der Waals surface area contributed by atoms with Crippen molar-refractivity contribution in [1.82, 2.24) is 9.88 Å². The Morgan fingerprint density at radius 2 is 1.02 bits per heavy atom. The first-order valence-electron chi connectivity index (χ1n) is 17.6. The number of nitrogens with one attached hydrogen (secondary N) is 1. The number of carbonyl (C=O) groups is 1. The number of para-hydroxylation sites is 1. The van der Waals surface area contributed by atoms with Crippen LogP contribution in [0.15, 0.2) is 182 Å². The van der Waals surface area contributed by atoms with Crippen LogP contribution in [0, 0.1) is 0 Å². The molecule has 0 saturated heterocycles. The van der Waals surface area contributed by atoms with Gasteiger partial charge in [0.15, 0.2) is 10.0 Å². The van der Waals surface area contributed by atoms with Crippen LogP contribution in [0.1, 0.15) is 16.7 Å². The Morgan fingerprint density at radius 1 is 0.625 bits per heavy atom. The summed E-state index contributed by atoms with van der Waals surface area (Å²) in [6.07, 6.45) is 1.63. The van der Waals surface area contributed by atoms with E-state index in [1.54, 1.807) is 17.2 Å². The third kappa shape index (κ3) is 11.2. The second kappa shape index (κ2) is 19.9. The predicted molar refractivity (Wildman–Crippen MR) is 218 cm³/mol. The molecule has 1 amide bonds. The number of carbonyl (C=O) groups excluding carboxylic acids is 1. The summed E-state index contributed by atoms with van der Waals surface area (Å²) in [6.45, 7) is 0.381. The standard InChI is InChI=1S/C26H24F3N3O3S.C18H15P.Au/c27-26(28,29)36(34,35)31-25(33)24(15-21-16-30-23-14-8-7-13-22(21)23)32(17-19-9-3-1-4-10-19)18-20-11-5-2-6-12-20;1-4-10-16(11-5-1)19(17-12-6-2-7-13-17)18-14-8-3-9-15-18;/h1-14,16,24,30H,15,17-18H2,(H,31,33);1-15H;/q;;+1/t24-;;/m1../s1. The van der Waals surface area contributed by atoms with E-state index in [9.17, 15) is 26.4 Å². The molecule has 1 N–H and O–H groups in total. The van der Waals surface area contributed by atoms with Crippen LogP contribution >= 0.6 is 7.92 Å². The fraction of sp³-hybridized carbons (Fsp3) is 0.114. The molecule has 0 bridgehead atoms. The molecule has 6 nitrogen and oxygen atoms in total. The Kier molecular flexibility index (Phi) is 15.0. The Morgan fingerprint density at radius 3 is 1.45 bits per heavy atom. The van der Waals surface area contributed by atoms with E-state index in [1.165, 1.54) is 15.9 Å². The van der Waals surface area contributed by atoms with Crippen LogP contribution in [0.2, 0.25) is 0 Å². The minimum absolute atomic E-state index is 0. The van der Waals surface area contributed by atoms with Gasteiger partial charge in [-0.2, -0.15) is 13.2 Å². The van der Waals surface area contributed by atoms with Crippen LogP contribution in [0.5, 0.6) is 0 Å². The zero-order chi connectivity index (χ0) is 38.7. The first-order valence-corrected chi connectivity index (χ1v) is 20.5. The van der Waals surface area contributed by atoms with Gasteiger partial charge in [-0.15, -0.1) is 0 Å². The van der Waals surface area contributed by atoms with Crippen molar-refractivity contribution < 1.29 is 48.8 Å². The SMILES string of the molecule is O=C([N-]S(=O)(=O)C(F)(F)F)[C@@H](Cc1c[nH]c2ccccc12)N(Cc1ccccc1)Cc1ccccc1.[Au+].c1ccc([PH+](c2ccccc2)c2ccccc2)cc1. The van der Waals surface area contributed by atoms with E-state index in [2.05, 4.69) is 101 Å². The first kappa shape index (κ1) is 42.3. The first-order chi connectivity index (χ1) is 26.6. The van der Waals surface area contributed by atoms with Crippen molar-refractivity contribution in [3.8, 4) is 0 Å². The molecule has 0 unspecified atom stereocenters. The quantitative estimate of drug-likeness (QED) is 0.0982. The number of benzene rings is 6. The van der Waals surface area contributed by atoms with Gasteiger partial charge in [-0.3, -0.25) is 4.90 Å². The molecular weight excluding hydrogens is 936 g/mol. The smallest absolute Gasteiger partial charge is 0.537 e. The molecule has 12 heteroatoms. The van der Waals surface area contributed by atoms with Crippen molar-refractivity contribution >= 4 is 50.7 Å². The van der Waals surface area contributed by atoms with Crippen LogP contribution in [-0.2, 0) is 56.7 Å². The number of halogens is 3. The second-order valence-electron chi connectivity index (χ2n) is 12.8. The van der Waals surface area contributed by atoms with Gasteiger partial charge < -0.3 is 14.5 Å². The Balaban J connectivity index is 0.000000252. The Bertz CT molecular complexity index is 2240. The van der Waals surface area contributed by atoms with E-state index in [0.717, 1.165) is 22.0 Å². The molecule has 0 aliphatic rings. The number of aromatic nitrogens is 1. The molecule has 7 rings (SSSR count). The van der Waals surface area contributed by atoms with Crippen LogP contribution < -0.4 is 15.9 Å². The van der Waals surface area contributed by atoms with Gasteiger partial charge in [0.25, 0.3) is 0 Å². The monoisotopic (exact) mass is 974 g/mol. The van der Waals surface area contributed by atoms with Gasteiger partial charge >= 0.3 is 27.9 Å². The maximum Gasteiger partial charge on any atom is 1.00 e. The molecule has 0 spiro atoms. The predicted octanol–water partition coefficient (Wildman–Crippen LogP) is 8.71. The molecule has 1 aromatic heterocycles. The summed E-state index contributed by atoms with van der Waals surface area (Å²) in [6, 6.07) is 56.7. The maximum absolute atomic E-state index is 13.2. The average molecular weight is 975 g/mol. The summed E-state index contributed by atoms with van der Waals surface area (Å²) in [4.78, 5) is 17.9. The number of rotatable bonds is 12. The molecule has 1 atom stereocenters. The molecule has 1 heterocycles. The molecule has 290 valence electrons. The number of aromatic amines is 1. The van der Waals surface area contributed by atoms with Gasteiger partial charge in [-0.05, 0) is 65.6 Å². The summed E-state index contributed by atoms with van der Waals surface area (Å²) in [7, 11) is -6.88. The minimum Gasteiger partial charge on any atom is -0.537 e. The maximum atomic E-state index is 13.2. The van der Waals surface area contributed by atoms with Crippen molar-refractivity contribution in [2.75, 3.05) is 0 Å². The second-order valence-corrected chi connectivity index (χ2v) is 16.9.